The predicted molar refractivity (Wildman–Crippen MR) is 108 cm³/mol. The van der Waals surface area contributed by atoms with Gasteiger partial charge in [0.25, 0.3) is 10.0 Å². The van der Waals surface area contributed by atoms with E-state index in [2.05, 4.69) is 20.0 Å². The van der Waals surface area contributed by atoms with Crippen molar-refractivity contribution in [1.29, 1.82) is 0 Å². The number of anilines is 2. The molecule has 0 bridgehead atoms. The molecule has 29 heavy (non-hydrogen) atoms. The van der Waals surface area contributed by atoms with Gasteiger partial charge in [0.2, 0.25) is 11.9 Å². The Bertz CT molecular complexity index is 1150. The molecule has 148 valence electrons. The molecule has 1 heterocycles. The highest BCUT2D eigenvalue weighted by Crippen LogP contribution is 2.17. The fourth-order valence-corrected chi connectivity index (χ4v) is 3.28. The summed E-state index contributed by atoms with van der Waals surface area (Å²) in [6, 6.07) is 13.0. The maximum atomic E-state index is 12.9. The zero-order chi connectivity index (χ0) is 20.9. The van der Waals surface area contributed by atoms with Crippen LogP contribution < -0.4 is 10.0 Å². The number of benzene rings is 2. The third-order valence-corrected chi connectivity index (χ3v) is 5.09. The lowest BCUT2D eigenvalue weighted by Crippen LogP contribution is -2.15. The Morgan fingerprint density at radius 3 is 2.38 bits per heavy atom. The Morgan fingerprint density at radius 2 is 1.72 bits per heavy atom. The molecule has 0 fully saturated rings. The van der Waals surface area contributed by atoms with Crippen LogP contribution in [-0.2, 0) is 14.8 Å². The van der Waals surface area contributed by atoms with Crippen LogP contribution in [0, 0.1) is 12.7 Å². The molecule has 3 rings (SSSR count). The molecule has 0 unspecified atom stereocenters. The highest BCUT2D eigenvalue weighted by molar-refractivity contribution is 7.92. The molecule has 3 aromatic rings. The van der Waals surface area contributed by atoms with Crippen LogP contribution in [0.15, 0.2) is 71.8 Å². The van der Waals surface area contributed by atoms with E-state index < -0.39 is 15.9 Å². The van der Waals surface area contributed by atoms with Gasteiger partial charge in [-0.05, 0) is 61.0 Å². The van der Waals surface area contributed by atoms with Crippen LogP contribution in [0.4, 0.5) is 16.0 Å². The van der Waals surface area contributed by atoms with Gasteiger partial charge in [-0.1, -0.05) is 12.1 Å². The second kappa shape index (κ2) is 8.61. The van der Waals surface area contributed by atoms with Crippen LogP contribution in [0.1, 0.15) is 11.3 Å². The summed E-state index contributed by atoms with van der Waals surface area (Å²) in [5.41, 5.74) is 1.72. The standard InChI is InChI=1S/C20H17FN4O3S/c1-14-12-13-22-20(23-14)25-29(27,28)18-9-7-17(8-10-18)24-19(26)11-4-15-2-5-16(21)6-3-15/h2-13H,1H3,(H,24,26)(H,22,23,25)/b11-4-. The van der Waals surface area contributed by atoms with E-state index in [1.54, 1.807) is 31.2 Å². The summed E-state index contributed by atoms with van der Waals surface area (Å²) in [4.78, 5) is 19.9. The predicted octanol–water partition coefficient (Wildman–Crippen LogP) is 3.38. The van der Waals surface area contributed by atoms with Crippen LogP contribution in [-0.4, -0.2) is 24.3 Å². The summed E-state index contributed by atoms with van der Waals surface area (Å²) in [7, 11) is -3.86. The lowest BCUT2D eigenvalue weighted by atomic mass is 10.2. The average molecular weight is 412 g/mol. The molecule has 2 N–H and O–H groups in total. The van der Waals surface area contributed by atoms with Gasteiger partial charge >= 0.3 is 0 Å². The molecule has 0 atom stereocenters. The van der Waals surface area contributed by atoms with Crippen molar-refractivity contribution in [3.63, 3.8) is 0 Å². The maximum Gasteiger partial charge on any atom is 0.264 e. The molecule has 0 aliphatic rings. The fraction of sp³-hybridized carbons (Fsp3) is 0.0500. The van der Waals surface area contributed by atoms with E-state index in [0.717, 1.165) is 0 Å². The summed E-state index contributed by atoms with van der Waals surface area (Å²) in [6.07, 6.45) is 4.30. The molecule has 7 nitrogen and oxygen atoms in total. The molecule has 0 saturated heterocycles. The number of hydrogen-bond donors (Lipinski definition) is 2. The van der Waals surface area contributed by atoms with Gasteiger partial charge in [0, 0.05) is 23.7 Å². The highest BCUT2D eigenvalue weighted by Gasteiger charge is 2.15. The topological polar surface area (TPSA) is 101 Å². The third-order valence-electron chi connectivity index (χ3n) is 3.75. The number of halogens is 1. The highest BCUT2D eigenvalue weighted by atomic mass is 32.2. The van der Waals surface area contributed by atoms with Crippen molar-refractivity contribution in [3.8, 4) is 0 Å². The smallest absolute Gasteiger partial charge is 0.264 e. The first-order chi connectivity index (χ1) is 13.8. The monoisotopic (exact) mass is 412 g/mol. The molecule has 0 spiro atoms. The summed E-state index contributed by atoms with van der Waals surface area (Å²) in [6.45, 7) is 1.72. The van der Waals surface area contributed by atoms with E-state index in [1.165, 1.54) is 48.7 Å². The first-order valence-corrected chi connectivity index (χ1v) is 9.97. The molecule has 2 aromatic carbocycles. The number of sulfonamides is 1. The zero-order valence-electron chi connectivity index (χ0n) is 15.3. The Kier molecular flexibility index (Phi) is 5.99. The molecule has 9 heteroatoms. The lowest BCUT2D eigenvalue weighted by Gasteiger charge is -2.08. The van der Waals surface area contributed by atoms with Gasteiger partial charge < -0.3 is 5.32 Å². The minimum Gasteiger partial charge on any atom is -0.323 e. The molecule has 0 aliphatic carbocycles. The fourth-order valence-electron chi connectivity index (χ4n) is 2.32. The number of aromatic nitrogens is 2. The van der Waals surface area contributed by atoms with Gasteiger partial charge in [-0.3, -0.25) is 4.79 Å². The second-order valence-corrected chi connectivity index (χ2v) is 7.71. The summed E-state index contributed by atoms with van der Waals surface area (Å²) in [5.74, 6) is -0.783. The van der Waals surface area contributed by atoms with Crippen molar-refractivity contribution in [3.05, 3.63) is 83.9 Å². The van der Waals surface area contributed by atoms with E-state index >= 15 is 0 Å². The molecule has 0 aliphatic heterocycles. The van der Waals surface area contributed by atoms with Gasteiger partial charge in [-0.2, -0.15) is 0 Å². The van der Waals surface area contributed by atoms with Crippen molar-refractivity contribution >= 4 is 33.6 Å². The van der Waals surface area contributed by atoms with Crippen LogP contribution in [0.25, 0.3) is 6.08 Å². The molecule has 0 saturated carbocycles. The molecule has 1 aromatic heterocycles. The van der Waals surface area contributed by atoms with E-state index in [-0.39, 0.29) is 16.7 Å². The SMILES string of the molecule is Cc1ccnc(NS(=O)(=O)c2ccc(NC(=O)/C=C\c3ccc(F)cc3)cc2)n1. The van der Waals surface area contributed by atoms with Gasteiger partial charge in [0.05, 0.1) is 4.90 Å². The zero-order valence-corrected chi connectivity index (χ0v) is 16.2. The second-order valence-electron chi connectivity index (χ2n) is 6.03. The molecular weight excluding hydrogens is 395 g/mol. The van der Waals surface area contributed by atoms with Crippen molar-refractivity contribution in [2.75, 3.05) is 10.0 Å². The van der Waals surface area contributed by atoms with Crippen molar-refractivity contribution in [2.24, 2.45) is 0 Å². The van der Waals surface area contributed by atoms with E-state index in [1.807, 2.05) is 0 Å². The van der Waals surface area contributed by atoms with Crippen LogP contribution in [0.3, 0.4) is 0 Å². The number of carbonyl (C=O) groups excluding carboxylic acids is 1. The van der Waals surface area contributed by atoms with Gasteiger partial charge in [0.1, 0.15) is 5.82 Å². The molecule has 0 radical (unpaired) electrons. The lowest BCUT2D eigenvalue weighted by molar-refractivity contribution is -0.111. The number of rotatable bonds is 6. The maximum absolute atomic E-state index is 12.9. The minimum atomic E-state index is -3.86. The summed E-state index contributed by atoms with van der Waals surface area (Å²) >= 11 is 0. The molecular formula is C20H17FN4O3S. The number of nitrogens with zero attached hydrogens (tertiary/aromatic N) is 2. The van der Waals surface area contributed by atoms with E-state index in [9.17, 15) is 17.6 Å². The first-order valence-electron chi connectivity index (χ1n) is 8.49. The number of carbonyl (C=O) groups is 1. The van der Waals surface area contributed by atoms with E-state index in [4.69, 9.17) is 0 Å². The number of aryl methyl sites for hydroxylation is 1. The van der Waals surface area contributed by atoms with Gasteiger partial charge in [0.15, 0.2) is 0 Å². The minimum absolute atomic E-state index is 0.00228. The third kappa shape index (κ3) is 5.69. The number of nitrogens with one attached hydrogen (secondary N) is 2. The van der Waals surface area contributed by atoms with E-state index in [0.29, 0.717) is 16.9 Å². The average Bonchev–Trinajstić information content (AvgIpc) is 2.68. The Hall–Kier alpha value is -3.59. The number of amides is 1. The normalized spacial score (nSPS) is 11.4. The summed E-state index contributed by atoms with van der Waals surface area (Å²) < 4.78 is 40.0. The van der Waals surface area contributed by atoms with Gasteiger partial charge in [-0.15, -0.1) is 0 Å². The Balaban J connectivity index is 1.64. The largest absolute Gasteiger partial charge is 0.323 e. The van der Waals surface area contributed by atoms with Crippen molar-refractivity contribution in [1.82, 2.24) is 9.97 Å². The van der Waals surface area contributed by atoms with Crippen LogP contribution in [0.2, 0.25) is 0 Å². The quantitative estimate of drug-likeness (QED) is 0.605. The number of hydrogen-bond acceptors (Lipinski definition) is 5. The Labute approximate surface area is 167 Å². The van der Waals surface area contributed by atoms with Crippen molar-refractivity contribution < 1.29 is 17.6 Å². The van der Waals surface area contributed by atoms with Crippen molar-refractivity contribution in [2.45, 2.75) is 11.8 Å². The molecule has 1 amide bonds. The van der Waals surface area contributed by atoms with Crippen LogP contribution in [0.5, 0.6) is 0 Å². The van der Waals surface area contributed by atoms with Crippen LogP contribution >= 0.6 is 0 Å². The first kappa shape index (κ1) is 20.2. The van der Waals surface area contributed by atoms with Gasteiger partial charge in [-0.25, -0.2) is 27.5 Å². The Morgan fingerprint density at radius 1 is 1.03 bits per heavy atom. The summed E-state index contributed by atoms with van der Waals surface area (Å²) in [5, 5.41) is 2.62.